The highest BCUT2D eigenvalue weighted by atomic mass is 79.9. The average molecular weight is 342 g/mol. The molecule has 0 aliphatic carbocycles. The van der Waals surface area contributed by atoms with Gasteiger partial charge in [-0.05, 0) is 28.1 Å². The first-order chi connectivity index (χ1) is 9.22. The van der Waals surface area contributed by atoms with E-state index >= 15 is 0 Å². The molecule has 0 aliphatic rings. The third-order valence-corrected chi connectivity index (χ3v) is 3.69. The number of hydrogen-bond acceptors (Lipinski definition) is 7. The van der Waals surface area contributed by atoms with Crippen LogP contribution in [-0.2, 0) is 12.8 Å². The van der Waals surface area contributed by atoms with Gasteiger partial charge in [0.05, 0.1) is 5.75 Å². The van der Waals surface area contributed by atoms with E-state index < -0.39 is 0 Å². The summed E-state index contributed by atoms with van der Waals surface area (Å²) in [5.74, 6) is 1.94. The molecule has 3 rings (SSSR count). The van der Waals surface area contributed by atoms with Gasteiger partial charge in [-0.25, -0.2) is 0 Å². The molecule has 98 valence electrons. The molecule has 0 aromatic carbocycles. The second-order valence-corrected chi connectivity index (χ2v) is 5.34. The summed E-state index contributed by atoms with van der Waals surface area (Å²) in [7, 11) is 1.88. The smallest absolute Gasteiger partial charge is 0.283 e. The monoisotopic (exact) mass is 341 g/mol. The lowest BCUT2D eigenvalue weighted by Crippen LogP contribution is -1.89. The first kappa shape index (κ1) is 12.4. The van der Waals surface area contributed by atoms with Crippen molar-refractivity contribution in [2.45, 2.75) is 10.9 Å². The minimum absolute atomic E-state index is 0.360. The Bertz CT molecular complexity index is 691. The van der Waals surface area contributed by atoms with Gasteiger partial charge in [0.25, 0.3) is 5.89 Å². The van der Waals surface area contributed by atoms with Crippen LogP contribution in [0.5, 0.6) is 0 Å². The summed E-state index contributed by atoms with van der Waals surface area (Å²) in [5, 5.41) is 16.4. The van der Waals surface area contributed by atoms with Crippen molar-refractivity contribution in [3.63, 3.8) is 0 Å². The van der Waals surface area contributed by atoms with Crippen LogP contribution in [0.2, 0.25) is 0 Å². The molecule has 0 aliphatic heterocycles. The van der Waals surface area contributed by atoms with Gasteiger partial charge in [0.1, 0.15) is 6.33 Å². The number of halogens is 1. The van der Waals surface area contributed by atoms with Crippen LogP contribution in [0, 0.1) is 0 Å². The SMILES string of the molecule is Cn1cnnc1SCc1nnc(-c2ccc(Br)o2)o1. The number of furan rings is 1. The summed E-state index contributed by atoms with van der Waals surface area (Å²) in [4.78, 5) is 0. The van der Waals surface area contributed by atoms with Crippen LogP contribution >= 0.6 is 27.7 Å². The molecule has 19 heavy (non-hydrogen) atoms. The van der Waals surface area contributed by atoms with Gasteiger partial charge in [-0.1, -0.05) is 11.8 Å². The zero-order chi connectivity index (χ0) is 13.2. The lowest BCUT2D eigenvalue weighted by molar-refractivity contribution is 0.486. The minimum atomic E-state index is 0.360. The van der Waals surface area contributed by atoms with Crippen LogP contribution in [0.3, 0.4) is 0 Å². The molecular weight excluding hydrogens is 334 g/mol. The van der Waals surface area contributed by atoms with Crippen LogP contribution in [0.1, 0.15) is 5.89 Å². The van der Waals surface area contributed by atoms with Crippen LogP contribution < -0.4 is 0 Å². The van der Waals surface area contributed by atoms with Crippen LogP contribution in [0.4, 0.5) is 0 Å². The van der Waals surface area contributed by atoms with Crippen molar-refractivity contribution in [3.05, 3.63) is 29.0 Å². The van der Waals surface area contributed by atoms with Crippen molar-refractivity contribution in [2.24, 2.45) is 7.05 Å². The molecule has 3 aromatic heterocycles. The topological polar surface area (TPSA) is 82.8 Å². The first-order valence-corrected chi connectivity index (χ1v) is 7.05. The van der Waals surface area contributed by atoms with Crippen molar-refractivity contribution in [1.29, 1.82) is 0 Å². The standard InChI is InChI=1S/C10H8BrN5O2S/c1-16-5-12-15-10(16)19-4-8-13-14-9(18-8)6-2-3-7(11)17-6/h2-3,5H,4H2,1H3. The second kappa shape index (κ2) is 5.17. The summed E-state index contributed by atoms with van der Waals surface area (Å²) in [5.41, 5.74) is 0. The van der Waals surface area contributed by atoms with Gasteiger partial charge in [0.15, 0.2) is 15.6 Å². The van der Waals surface area contributed by atoms with Gasteiger partial charge < -0.3 is 13.4 Å². The van der Waals surface area contributed by atoms with Gasteiger partial charge in [0.2, 0.25) is 5.89 Å². The third kappa shape index (κ3) is 2.71. The number of rotatable bonds is 4. The number of aryl methyl sites for hydroxylation is 1. The minimum Gasteiger partial charge on any atom is -0.444 e. The highest BCUT2D eigenvalue weighted by molar-refractivity contribution is 9.10. The third-order valence-electron chi connectivity index (χ3n) is 2.25. The Labute approximate surface area is 120 Å². The lowest BCUT2D eigenvalue weighted by Gasteiger charge is -1.95. The molecule has 3 aromatic rings. The molecule has 3 heterocycles. The van der Waals surface area contributed by atoms with Crippen molar-refractivity contribution in [2.75, 3.05) is 0 Å². The molecule has 0 saturated carbocycles. The number of hydrogen-bond donors (Lipinski definition) is 0. The Hall–Kier alpha value is -1.61. The number of aromatic nitrogens is 5. The highest BCUT2D eigenvalue weighted by Gasteiger charge is 2.13. The van der Waals surface area contributed by atoms with Gasteiger partial charge in [-0.3, -0.25) is 0 Å². The van der Waals surface area contributed by atoms with E-state index in [-0.39, 0.29) is 0 Å². The van der Waals surface area contributed by atoms with E-state index in [1.165, 1.54) is 11.8 Å². The maximum atomic E-state index is 5.51. The van der Waals surface area contributed by atoms with E-state index in [2.05, 4.69) is 36.3 Å². The van der Waals surface area contributed by atoms with E-state index in [1.54, 1.807) is 18.5 Å². The molecule has 0 unspecified atom stereocenters. The van der Waals surface area contributed by atoms with Crippen LogP contribution in [0.15, 0.2) is 37.1 Å². The fraction of sp³-hybridized carbons (Fsp3) is 0.200. The Morgan fingerprint density at radius 1 is 1.26 bits per heavy atom. The normalized spacial score (nSPS) is 11.1. The van der Waals surface area contributed by atoms with E-state index in [9.17, 15) is 0 Å². The van der Waals surface area contributed by atoms with Crippen molar-refractivity contribution in [3.8, 4) is 11.7 Å². The van der Waals surface area contributed by atoms with E-state index in [0.29, 0.717) is 28.0 Å². The molecular formula is C10H8BrN5O2S. The summed E-state index contributed by atoms with van der Waals surface area (Å²) >= 11 is 4.70. The Kier molecular flexibility index (Phi) is 3.38. The predicted octanol–water partition coefficient (Wildman–Crippen LogP) is 2.51. The van der Waals surface area contributed by atoms with E-state index in [1.807, 2.05) is 11.6 Å². The quantitative estimate of drug-likeness (QED) is 0.674. The molecule has 0 fully saturated rings. The molecule has 0 spiro atoms. The van der Waals surface area contributed by atoms with E-state index in [0.717, 1.165) is 5.16 Å². The van der Waals surface area contributed by atoms with Crippen molar-refractivity contribution in [1.82, 2.24) is 25.0 Å². The molecule has 0 saturated heterocycles. The molecule has 0 amide bonds. The molecule has 9 heteroatoms. The largest absolute Gasteiger partial charge is 0.444 e. The predicted molar refractivity (Wildman–Crippen MR) is 70.3 cm³/mol. The zero-order valence-electron chi connectivity index (χ0n) is 9.78. The zero-order valence-corrected chi connectivity index (χ0v) is 12.2. The Balaban J connectivity index is 1.70. The van der Waals surface area contributed by atoms with Gasteiger partial charge in [-0.15, -0.1) is 20.4 Å². The van der Waals surface area contributed by atoms with Crippen molar-refractivity contribution >= 4 is 27.7 Å². The molecule has 0 radical (unpaired) electrons. The fourth-order valence-electron chi connectivity index (χ4n) is 1.37. The Morgan fingerprint density at radius 2 is 2.16 bits per heavy atom. The van der Waals surface area contributed by atoms with Gasteiger partial charge >= 0.3 is 0 Å². The summed E-state index contributed by atoms with van der Waals surface area (Å²) in [6, 6.07) is 3.53. The fourth-order valence-corrected chi connectivity index (χ4v) is 2.40. The maximum Gasteiger partial charge on any atom is 0.283 e. The molecule has 0 N–H and O–H groups in total. The number of thioether (sulfide) groups is 1. The Morgan fingerprint density at radius 3 is 2.84 bits per heavy atom. The van der Waals surface area contributed by atoms with Crippen LogP contribution in [-0.4, -0.2) is 25.0 Å². The summed E-state index contributed by atoms with van der Waals surface area (Å²) in [6.45, 7) is 0. The van der Waals surface area contributed by atoms with Gasteiger partial charge in [0, 0.05) is 7.05 Å². The first-order valence-electron chi connectivity index (χ1n) is 5.27. The summed E-state index contributed by atoms with van der Waals surface area (Å²) < 4.78 is 13.3. The van der Waals surface area contributed by atoms with Gasteiger partial charge in [-0.2, -0.15) is 0 Å². The lowest BCUT2D eigenvalue weighted by atomic mass is 10.5. The second-order valence-electron chi connectivity index (χ2n) is 3.62. The molecule has 7 nitrogen and oxygen atoms in total. The van der Waals surface area contributed by atoms with Crippen LogP contribution in [0.25, 0.3) is 11.7 Å². The average Bonchev–Trinajstić information content (AvgIpc) is 3.08. The number of nitrogens with zero attached hydrogens (tertiary/aromatic N) is 5. The molecule has 0 atom stereocenters. The maximum absolute atomic E-state index is 5.51. The highest BCUT2D eigenvalue weighted by Crippen LogP contribution is 2.25. The summed E-state index contributed by atoms with van der Waals surface area (Å²) in [6.07, 6.45) is 1.64. The molecule has 0 bridgehead atoms. The van der Waals surface area contributed by atoms with E-state index in [4.69, 9.17) is 8.83 Å². The van der Waals surface area contributed by atoms with Crippen molar-refractivity contribution < 1.29 is 8.83 Å².